The summed E-state index contributed by atoms with van der Waals surface area (Å²) < 4.78 is 0. The maximum absolute atomic E-state index is 12.3. The van der Waals surface area contributed by atoms with E-state index in [1.165, 1.54) is 11.0 Å². The Bertz CT molecular complexity index is 690. The Balaban J connectivity index is 2.18. The second-order valence-corrected chi connectivity index (χ2v) is 5.31. The zero-order chi connectivity index (χ0) is 16.1. The van der Waals surface area contributed by atoms with Gasteiger partial charge in [-0.15, -0.1) is 0 Å². The van der Waals surface area contributed by atoms with Gasteiger partial charge in [0.15, 0.2) is 0 Å². The molecular formula is C16H14Cl2N2O2. The Kier molecular flexibility index (Phi) is 5.41. The number of para-hydroxylation sites is 1. The van der Waals surface area contributed by atoms with Gasteiger partial charge in [-0.2, -0.15) is 0 Å². The molecule has 0 unspecified atom stereocenters. The minimum atomic E-state index is -0.769. The molecule has 0 saturated carbocycles. The first kappa shape index (κ1) is 16.3. The highest BCUT2D eigenvalue weighted by Gasteiger charge is 2.22. The van der Waals surface area contributed by atoms with Crippen LogP contribution in [-0.4, -0.2) is 18.4 Å². The van der Waals surface area contributed by atoms with Gasteiger partial charge in [-0.05, 0) is 37.3 Å². The number of nitrogens with one attached hydrogen (secondary N) is 1. The lowest BCUT2D eigenvalue weighted by atomic mass is 10.2. The molecule has 0 radical (unpaired) electrons. The molecule has 0 aliphatic heterocycles. The molecule has 0 aliphatic rings. The summed E-state index contributed by atoms with van der Waals surface area (Å²) in [6.07, 6.45) is 0. The molecule has 2 aromatic rings. The van der Waals surface area contributed by atoms with Crippen molar-refractivity contribution in [2.24, 2.45) is 0 Å². The van der Waals surface area contributed by atoms with Crippen LogP contribution in [0.5, 0.6) is 0 Å². The van der Waals surface area contributed by atoms with Crippen molar-refractivity contribution in [3.8, 4) is 0 Å². The van der Waals surface area contributed by atoms with Gasteiger partial charge in [-0.3, -0.25) is 9.59 Å². The SMILES string of the molecule is CCN(C(=O)C(=O)Nc1cc(Cl)ccc1Cl)c1ccccc1. The average molecular weight is 337 g/mol. The van der Waals surface area contributed by atoms with E-state index in [4.69, 9.17) is 23.2 Å². The second-order valence-electron chi connectivity index (χ2n) is 4.46. The largest absolute Gasteiger partial charge is 0.316 e. The van der Waals surface area contributed by atoms with Crippen LogP contribution in [0.15, 0.2) is 48.5 Å². The predicted molar refractivity (Wildman–Crippen MR) is 89.6 cm³/mol. The van der Waals surface area contributed by atoms with Crippen LogP contribution in [0, 0.1) is 0 Å². The summed E-state index contributed by atoms with van der Waals surface area (Å²) in [5, 5.41) is 3.22. The molecule has 0 saturated heterocycles. The van der Waals surface area contributed by atoms with Crippen molar-refractivity contribution in [2.45, 2.75) is 6.92 Å². The summed E-state index contributed by atoms with van der Waals surface area (Å²) in [6, 6.07) is 13.6. The Morgan fingerprint density at radius 2 is 1.77 bits per heavy atom. The third-order valence-corrected chi connectivity index (χ3v) is 3.56. The zero-order valence-electron chi connectivity index (χ0n) is 11.8. The molecule has 22 heavy (non-hydrogen) atoms. The summed E-state index contributed by atoms with van der Waals surface area (Å²) in [5.41, 5.74) is 0.957. The summed E-state index contributed by atoms with van der Waals surface area (Å²) in [5.74, 6) is -1.43. The Hall–Kier alpha value is -2.04. The Morgan fingerprint density at radius 1 is 1.09 bits per heavy atom. The molecule has 0 aromatic heterocycles. The van der Waals surface area contributed by atoms with Gasteiger partial charge in [0.1, 0.15) is 0 Å². The van der Waals surface area contributed by atoms with Gasteiger partial charge in [-0.1, -0.05) is 41.4 Å². The fourth-order valence-electron chi connectivity index (χ4n) is 1.94. The third-order valence-electron chi connectivity index (χ3n) is 3.00. The normalized spacial score (nSPS) is 10.1. The van der Waals surface area contributed by atoms with Gasteiger partial charge in [-0.25, -0.2) is 0 Å². The summed E-state index contributed by atoms with van der Waals surface area (Å²) in [4.78, 5) is 25.8. The zero-order valence-corrected chi connectivity index (χ0v) is 13.4. The molecule has 2 aromatic carbocycles. The number of nitrogens with zero attached hydrogens (tertiary/aromatic N) is 1. The van der Waals surface area contributed by atoms with Crippen LogP contribution in [0.3, 0.4) is 0 Å². The number of halogens is 2. The highest BCUT2D eigenvalue weighted by molar-refractivity contribution is 6.45. The molecule has 114 valence electrons. The number of carbonyl (C=O) groups is 2. The van der Waals surface area contributed by atoms with Gasteiger partial charge in [0.2, 0.25) is 0 Å². The number of amides is 2. The van der Waals surface area contributed by atoms with E-state index in [2.05, 4.69) is 5.32 Å². The number of hydrogen-bond acceptors (Lipinski definition) is 2. The highest BCUT2D eigenvalue weighted by Crippen LogP contribution is 2.25. The van der Waals surface area contributed by atoms with Gasteiger partial charge in [0.05, 0.1) is 10.7 Å². The van der Waals surface area contributed by atoms with Crippen molar-refractivity contribution >= 4 is 46.4 Å². The molecule has 0 aliphatic carbocycles. The van der Waals surface area contributed by atoms with Crippen molar-refractivity contribution in [3.63, 3.8) is 0 Å². The van der Waals surface area contributed by atoms with Gasteiger partial charge < -0.3 is 10.2 Å². The smallest absolute Gasteiger partial charge is 0.316 e. The minimum absolute atomic E-state index is 0.302. The number of carbonyl (C=O) groups excluding carboxylic acids is 2. The van der Waals surface area contributed by atoms with Crippen LogP contribution in [-0.2, 0) is 9.59 Å². The number of benzene rings is 2. The third kappa shape index (κ3) is 3.78. The van der Waals surface area contributed by atoms with E-state index < -0.39 is 11.8 Å². The van der Waals surface area contributed by atoms with Crippen molar-refractivity contribution in [2.75, 3.05) is 16.8 Å². The van der Waals surface area contributed by atoms with Gasteiger partial charge >= 0.3 is 11.8 Å². The van der Waals surface area contributed by atoms with Crippen molar-refractivity contribution in [3.05, 3.63) is 58.6 Å². The molecule has 2 amide bonds. The first-order valence-electron chi connectivity index (χ1n) is 6.66. The Morgan fingerprint density at radius 3 is 2.41 bits per heavy atom. The van der Waals surface area contributed by atoms with E-state index in [9.17, 15) is 9.59 Å². The molecule has 4 nitrogen and oxygen atoms in total. The van der Waals surface area contributed by atoms with Gasteiger partial charge in [0.25, 0.3) is 0 Å². The molecule has 0 heterocycles. The van der Waals surface area contributed by atoms with Gasteiger partial charge in [0, 0.05) is 17.3 Å². The lowest BCUT2D eigenvalue weighted by Gasteiger charge is -2.20. The first-order valence-corrected chi connectivity index (χ1v) is 7.41. The lowest BCUT2D eigenvalue weighted by Crippen LogP contribution is -2.39. The van der Waals surface area contributed by atoms with Crippen molar-refractivity contribution in [1.82, 2.24) is 0 Å². The number of hydrogen-bond donors (Lipinski definition) is 1. The number of anilines is 2. The van der Waals surface area contributed by atoms with E-state index in [1.54, 1.807) is 43.3 Å². The monoisotopic (exact) mass is 336 g/mol. The van der Waals surface area contributed by atoms with E-state index >= 15 is 0 Å². The number of likely N-dealkylation sites (N-methyl/N-ethyl adjacent to an activating group) is 1. The summed E-state index contributed by atoms with van der Waals surface area (Å²) in [7, 11) is 0. The standard InChI is InChI=1S/C16H14Cl2N2O2/c1-2-20(12-6-4-3-5-7-12)16(22)15(21)19-14-10-11(17)8-9-13(14)18/h3-10H,2H2,1H3,(H,19,21). The maximum atomic E-state index is 12.3. The van der Waals surface area contributed by atoms with Crippen LogP contribution in [0.1, 0.15) is 6.92 Å². The highest BCUT2D eigenvalue weighted by atomic mass is 35.5. The van der Waals surface area contributed by atoms with Crippen LogP contribution in [0.25, 0.3) is 0 Å². The first-order chi connectivity index (χ1) is 10.5. The fraction of sp³-hybridized carbons (Fsp3) is 0.125. The van der Waals surface area contributed by atoms with E-state index in [0.717, 1.165) is 0 Å². The molecule has 0 bridgehead atoms. The summed E-state index contributed by atoms with van der Waals surface area (Å²) in [6.45, 7) is 2.17. The van der Waals surface area contributed by atoms with Crippen molar-refractivity contribution in [1.29, 1.82) is 0 Å². The predicted octanol–water partition coefficient (Wildman–Crippen LogP) is 3.99. The van der Waals surface area contributed by atoms with E-state index in [1.807, 2.05) is 6.07 Å². The average Bonchev–Trinajstić information content (AvgIpc) is 2.52. The molecule has 6 heteroatoms. The van der Waals surface area contributed by atoms with Crippen LogP contribution in [0.2, 0.25) is 10.0 Å². The lowest BCUT2D eigenvalue weighted by molar-refractivity contribution is -0.134. The maximum Gasteiger partial charge on any atom is 0.316 e. The molecule has 1 N–H and O–H groups in total. The van der Waals surface area contributed by atoms with Crippen LogP contribution >= 0.6 is 23.2 Å². The van der Waals surface area contributed by atoms with Crippen molar-refractivity contribution < 1.29 is 9.59 Å². The second kappa shape index (κ2) is 7.29. The number of rotatable bonds is 3. The molecular weight excluding hydrogens is 323 g/mol. The molecule has 0 fully saturated rings. The molecule has 0 atom stereocenters. The topological polar surface area (TPSA) is 49.4 Å². The molecule has 2 rings (SSSR count). The summed E-state index contributed by atoms with van der Waals surface area (Å²) >= 11 is 11.8. The van der Waals surface area contributed by atoms with Crippen LogP contribution < -0.4 is 10.2 Å². The Labute approximate surface area is 138 Å². The van der Waals surface area contributed by atoms with Crippen LogP contribution in [0.4, 0.5) is 11.4 Å². The molecule has 0 spiro atoms. The van der Waals surface area contributed by atoms with E-state index in [-0.39, 0.29) is 0 Å². The quantitative estimate of drug-likeness (QED) is 0.861. The fourth-order valence-corrected chi connectivity index (χ4v) is 2.28. The van der Waals surface area contributed by atoms with E-state index in [0.29, 0.717) is 28.0 Å². The minimum Gasteiger partial charge on any atom is -0.316 e.